The molecule has 1 aromatic carbocycles. The molecule has 2 rings (SSSR count). The number of ether oxygens (including phenoxy) is 1. The maximum atomic E-state index is 12.5. The molecule has 7 heteroatoms. The van der Waals surface area contributed by atoms with Gasteiger partial charge in [0.2, 0.25) is 0 Å². The van der Waals surface area contributed by atoms with Gasteiger partial charge in [-0.1, -0.05) is 39.0 Å². The highest BCUT2D eigenvalue weighted by molar-refractivity contribution is 6.38. The minimum Gasteiger partial charge on any atom is -0.491 e. The van der Waals surface area contributed by atoms with Gasteiger partial charge in [0.15, 0.2) is 0 Å². The van der Waals surface area contributed by atoms with Crippen LogP contribution >= 0.6 is 11.6 Å². The highest BCUT2D eigenvalue weighted by Crippen LogP contribution is 2.37. The van der Waals surface area contributed by atoms with Crippen LogP contribution in [0.15, 0.2) is 41.7 Å². The Morgan fingerprint density at radius 3 is 2.69 bits per heavy atom. The highest BCUT2D eigenvalue weighted by Gasteiger charge is 2.23. The Morgan fingerprint density at radius 2 is 2.07 bits per heavy atom. The number of rotatable bonds is 7. The number of hydrogen-bond acceptors (Lipinski definition) is 5. The van der Waals surface area contributed by atoms with Gasteiger partial charge in [-0.05, 0) is 42.2 Å². The third kappa shape index (κ3) is 5.70. The first kappa shape index (κ1) is 22.7. The lowest BCUT2D eigenvalue weighted by atomic mass is 9.83. The highest BCUT2D eigenvalue weighted by atomic mass is 35.5. The summed E-state index contributed by atoms with van der Waals surface area (Å²) in [5.41, 5.74) is 2.52. The van der Waals surface area contributed by atoms with Gasteiger partial charge in [-0.2, -0.15) is 5.10 Å². The van der Waals surface area contributed by atoms with Crippen molar-refractivity contribution in [2.24, 2.45) is 5.10 Å². The number of hydrogen-bond donors (Lipinski definition) is 1. The number of amides is 1. The second-order valence-electron chi connectivity index (χ2n) is 8.02. The van der Waals surface area contributed by atoms with Gasteiger partial charge in [-0.15, -0.1) is 0 Å². The molecule has 0 atom stereocenters. The zero-order chi connectivity index (χ0) is 21.8. The molecule has 0 aromatic heterocycles. The average molecular weight is 417 g/mol. The van der Waals surface area contributed by atoms with Gasteiger partial charge in [-0.25, -0.2) is 0 Å². The standard InChI is InChI=1S/C22H29ClN4O2/c1-15-8-7-11-25-27(15)14-18(24)21(28)26(6)12-13-29-19-10-9-17(23)16(2)20(19)22(3,4)5/h7-11,24H,1,12-14H2,2-6H3. The van der Waals surface area contributed by atoms with Crippen LogP contribution in [-0.4, -0.2) is 54.5 Å². The normalized spacial score (nSPS) is 13.6. The summed E-state index contributed by atoms with van der Waals surface area (Å²) in [6, 6.07) is 3.69. The van der Waals surface area contributed by atoms with Crippen LogP contribution in [0.25, 0.3) is 0 Å². The van der Waals surface area contributed by atoms with Gasteiger partial charge in [0, 0.05) is 23.8 Å². The Bertz CT molecular complexity index is 868. The van der Waals surface area contributed by atoms with E-state index in [-0.39, 0.29) is 23.6 Å². The number of nitrogens with zero attached hydrogens (tertiary/aromatic N) is 3. The van der Waals surface area contributed by atoms with Crippen LogP contribution in [0.2, 0.25) is 5.02 Å². The van der Waals surface area contributed by atoms with E-state index in [0.29, 0.717) is 23.9 Å². The summed E-state index contributed by atoms with van der Waals surface area (Å²) >= 11 is 6.29. The molecule has 1 N–H and O–H groups in total. The molecular weight excluding hydrogens is 388 g/mol. The van der Waals surface area contributed by atoms with Crippen molar-refractivity contribution in [2.75, 3.05) is 26.7 Å². The molecule has 1 heterocycles. The van der Waals surface area contributed by atoms with E-state index in [0.717, 1.165) is 16.9 Å². The van der Waals surface area contributed by atoms with Crippen molar-refractivity contribution < 1.29 is 9.53 Å². The summed E-state index contributed by atoms with van der Waals surface area (Å²) in [7, 11) is 1.66. The zero-order valence-electron chi connectivity index (χ0n) is 17.8. The molecule has 6 nitrogen and oxygen atoms in total. The molecule has 0 bridgehead atoms. The fourth-order valence-corrected chi connectivity index (χ4v) is 3.29. The van der Waals surface area contributed by atoms with Crippen LogP contribution in [0, 0.1) is 12.3 Å². The third-order valence-corrected chi connectivity index (χ3v) is 5.03. The summed E-state index contributed by atoms with van der Waals surface area (Å²) in [6.07, 6.45) is 5.15. The van der Waals surface area contributed by atoms with Gasteiger partial charge in [0.05, 0.1) is 18.8 Å². The number of carbonyl (C=O) groups is 1. The summed E-state index contributed by atoms with van der Waals surface area (Å²) in [6.45, 7) is 12.9. The average Bonchev–Trinajstić information content (AvgIpc) is 2.64. The quantitative estimate of drug-likeness (QED) is 0.678. The predicted octanol–water partition coefficient (Wildman–Crippen LogP) is 4.17. The molecule has 0 spiro atoms. The van der Waals surface area contributed by atoms with E-state index in [1.54, 1.807) is 25.4 Å². The minimum atomic E-state index is -0.366. The molecular formula is C22H29ClN4O2. The lowest BCUT2D eigenvalue weighted by molar-refractivity contribution is -0.123. The van der Waals surface area contributed by atoms with E-state index in [9.17, 15) is 4.79 Å². The Kier molecular flexibility index (Phi) is 7.25. The van der Waals surface area contributed by atoms with E-state index < -0.39 is 0 Å². The molecule has 0 saturated heterocycles. The molecule has 1 aromatic rings. The van der Waals surface area contributed by atoms with E-state index in [1.807, 2.05) is 19.1 Å². The molecule has 29 heavy (non-hydrogen) atoms. The maximum absolute atomic E-state index is 12.5. The first-order valence-electron chi connectivity index (χ1n) is 9.44. The van der Waals surface area contributed by atoms with Gasteiger partial charge in [0.25, 0.3) is 5.91 Å². The molecule has 0 aliphatic carbocycles. The van der Waals surface area contributed by atoms with Crippen molar-refractivity contribution in [3.05, 3.63) is 52.7 Å². The summed E-state index contributed by atoms with van der Waals surface area (Å²) in [5, 5.41) is 14.4. The van der Waals surface area contributed by atoms with Gasteiger partial charge in [-0.3, -0.25) is 15.2 Å². The van der Waals surface area contributed by atoms with Crippen LogP contribution in [0.5, 0.6) is 5.75 Å². The molecule has 0 radical (unpaired) electrons. The number of carbonyl (C=O) groups excluding carboxylic acids is 1. The van der Waals surface area contributed by atoms with E-state index in [4.69, 9.17) is 21.7 Å². The van der Waals surface area contributed by atoms with E-state index >= 15 is 0 Å². The zero-order valence-corrected chi connectivity index (χ0v) is 18.5. The number of halogens is 1. The van der Waals surface area contributed by atoms with Crippen LogP contribution in [0.1, 0.15) is 31.9 Å². The van der Waals surface area contributed by atoms with Crippen molar-refractivity contribution in [1.82, 2.24) is 9.91 Å². The van der Waals surface area contributed by atoms with Crippen molar-refractivity contribution in [3.8, 4) is 5.75 Å². The first-order valence-corrected chi connectivity index (χ1v) is 9.82. The fourth-order valence-electron chi connectivity index (χ4n) is 3.13. The van der Waals surface area contributed by atoms with Crippen LogP contribution in [-0.2, 0) is 10.2 Å². The van der Waals surface area contributed by atoms with E-state index in [2.05, 4.69) is 32.5 Å². The summed E-state index contributed by atoms with van der Waals surface area (Å²) in [4.78, 5) is 14.0. The van der Waals surface area contributed by atoms with Crippen molar-refractivity contribution in [1.29, 1.82) is 5.41 Å². The lowest BCUT2D eigenvalue weighted by Crippen LogP contribution is -2.40. The predicted molar refractivity (Wildman–Crippen MR) is 119 cm³/mol. The maximum Gasteiger partial charge on any atom is 0.269 e. The monoisotopic (exact) mass is 416 g/mol. The Labute approximate surface area is 178 Å². The summed E-state index contributed by atoms with van der Waals surface area (Å²) < 4.78 is 5.99. The number of allylic oxidation sites excluding steroid dienone is 2. The van der Waals surface area contributed by atoms with Gasteiger partial charge in [0.1, 0.15) is 18.1 Å². The van der Waals surface area contributed by atoms with Gasteiger partial charge >= 0.3 is 0 Å². The fraction of sp³-hybridized carbons (Fsp3) is 0.409. The lowest BCUT2D eigenvalue weighted by Gasteiger charge is -2.26. The molecule has 1 amide bonds. The smallest absolute Gasteiger partial charge is 0.269 e. The SMILES string of the molecule is C=C1C=CC=NN1CC(=N)C(=O)N(C)CCOc1ccc(Cl)c(C)c1C(C)(C)C. The molecule has 0 saturated carbocycles. The number of likely N-dealkylation sites (N-methyl/N-ethyl adjacent to an activating group) is 1. The van der Waals surface area contributed by atoms with E-state index in [1.165, 1.54) is 9.91 Å². The second kappa shape index (κ2) is 9.27. The molecule has 1 aliphatic rings. The number of hydrazone groups is 1. The summed E-state index contributed by atoms with van der Waals surface area (Å²) in [5.74, 6) is 0.399. The van der Waals surface area contributed by atoms with Crippen LogP contribution < -0.4 is 4.74 Å². The second-order valence-corrected chi connectivity index (χ2v) is 8.43. The third-order valence-electron chi connectivity index (χ3n) is 4.62. The largest absolute Gasteiger partial charge is 0.491 e. The van der Waals surface area contributed by atoms with Gasteiger partial charge < -0.3 is 9.64 Å². The number of benzene rings is 1. The molecule has 1 aliphatic heterocycles. The van der Waals surface area contributed by atoms with Crippen molar-refractivity contribution in [3.63, 3.8) is 0 Å². The minimum absolute atomic E-state index is 0.0567. The van der Waals surface area contributed by atoms with Crippen LogP contribution in [0.3, 0.4) is 0 Å². The number of nitrogens with one attached hydrogen (secondary N) is 1. The van der Waals surface area contributed by atoms with Crippen molar-refractivity contribution in [2.45, 2.75) is 33.1 Å². The Morgan fingerprint density at radius 1 is 1.38 bits per heavy atom. The van der Waals surface area contributed by atoms with Crippen LogP contribution in [0.4, 0.5) is 0 Å². The molecule has 156 valence electrons. The Balaban J connectivity index is 1.95. The molecule has 0 unspecified atom stereocenters. The van der Waals surface area contributed by atoms with Crippen molar-refractivity contribution >= 4 is 29.4 Å². The topological polar surface area (TPSA) is 69.0 Å². The molecule has 0 fully saturated rings. The Hall–Kier alpha value is -2.60. The first-order chi connectivity index (χ1) is 13.5.